The highest BCUT2D eigenvalue weighted by Gasteiger charge is 2.33. The second kappa shape index (κ2) is 6.30. The van der Waals surface area contributed by atoms with Crippen LogP contribution in [0, 0.1) is 0 Å². The second-order valence-corrected chi connectivity index (χ2v) is 5.39. The van der Waals surface area contributed by atoms with Crippen LogP contribution in [0.15, 0.2) is 30.4 Å². The van der Waals surface area contributed by atoms with Gasteiger partial charge >= 0.3 is 6.18 Å². The van der Waals surface area contributed by atoms with Gasteiger partial charge in [-0.05, 0) is 0 Å². The molecule has 2 aromatic heterocycles. The third-order valence-electron chi connectivity index (χ3n) is 2.68. The molecule has 0 atom stereocenters. The van der Waals surface area contributed by atoms with E-state index in [1.54, 1.807) is 24.1 Å². The fraction of sp³-hybridized carbons (Fsp3) is 0.308. The molecule has 0 radical (unpaired) electrons. The van der Waals surface area contributed by atoms with E-state index in [9.17, 15) is 18.0 Å². The van der Waals surface area contributed by atoms with E-state index in [1.165, 1.54) is 22.8 Å². The van der Waals surface area contributed by atoms with Crippen LogP contribution in [0.3, 0.4) is 0 Å². The Balaban J connectivity index is 2.20. The van der Waals surface area contributed by atoms with Crippen molar-refractivity contribution >= 4 is 17.2 Å². The van der Waals surface area contributed by atoms with Gasteiger partial charge in [0.25, 0.3) is 5.91 Å². The number of carbonyl (C=O) groups is 1. The molecule has 118 valence electrons. The molecule has 0 fully saturated rings. The molecule has 1 amide bonds. The van der Waals surface area contributed by atoms with Gasteiger partial charge in [-0.3, -0.25) is 9.48 Å². The standard InChI is InChI=1S/C13H13F3N4OS/c1-3-4-20(8-13(14,15)16)12(21)10-7-22-11(18-10)9-5-17-19(2)6-9/h3,5-7H,1,4,8H2,2H3. The van der Waals surface area contributed by atoms with E-state index in [0.717, 1.165) is 0 Å². The number of hydrogen-bond acceptors (Lipinski definition) is 4. The number of carbonyl (C=O) groups excluding carboxylic acids is 1. The van der Waals surface area contributed by atoms with Gasteiger partial charge in [0.1, 0.15) is 17.2 Å². The number of alkyl halides is 3. The Morgan fingerprint density at radius 3 is 2.82 bits per heavy atom. The topological polar surface area (TPSA) is 51.0 Å². The predicted molar refractivity (Wildman–Crippen MR) is 76.5 cm³/mol. The van der Waals surface area contributed by atoms with Gasteiger partial charge in [-0.2, -0.15) is 18.3 Å². The van der Waals surface area contributed by atoms with Crippen LogP contribution >= 0.6 is 11.3 Å². The first-order valence-electron chi connectivity index (χ1n) is 6.21. The normalized spacial score (nSPS) is 11.5. The average molecular weight is 330 g/mol. The van der Waals surface area contributed by atoms with Gasteiger partial charge in [0, 0.05) is 30.7 Å². The van der Waals surface area contributed by atoms with Crippen molar-refractivity contribution in [3.05, 3.63) is 36.1 Å². The smallest absolute Gasteiger partial charge is 0.324 e. The molecule has 0 spiro atoms. The van der Waals surface area contributed by atoms with E-state index < -0.39 is 18.6 Å². The number of amides is 1. The fourth-order valence-electron chi connectivity index (χ4n) is 1.79. The third-order valence-corrected chi connectivity index (χ3v) is 3.57. The van der Waals surface area contributed by atoms with E-state index in [0.29, 0.717) is 15.5 Å². The number of aryl methyl sites for hydroxylation is 1. The summed E-state index contributed by atoms with van der Waals surface area (Å²) in [4.78, 5) is 16.9. The Hall–Kier alpha value is -2.16. The third kappa shape index (κ3) is 3.94. The molecular weight excluding hydrogens is 317 g/mol. The lowest BCUT2D eigenvalue weighted by molar-refractivity contribution is -0.139. The molecule has 0 saturated heterocycles. The van der Waals surface area contributed by atoms with E-state index in [1.807, 2.05) is 0 Å². The lowest BCUT2D eigenvalue weighted by atomic mass is 10.3. The summed E-state index contributed by atoms with van der Waals surface area (Å²) in [7, 11) is 1.73. The minimum Gasteiger partial charge on any atom is -0.324 e. The molecular formula is C13H13F3N4OS. The van der Waals surface area contributed by atoms with Crippen LogP contribution in [-0.4, -0.2) is 44.8 Å². The van der Waals surface area contributed by atoms with Gasteiger partial charge in [-0.15, -0.1) is 17.9 Å². The van der Waals surface area contributed by atoms with E-state index in [2.05, 4.69) is 16.7 Å². The zero-order chi connectivity index (χ0) is 16.3. The van der Waals surface area contributed by atoms with E-state index in [4.69, 9.17) is 0 Å². The maximum atomic E-state index is 12.5. The number of aromatic nitrogens is 3. The van der Waals surface area contributed by atoms with Crippen molar-refractivity contribution in [2.75, 3.05) is 13.1 Å². The zero-order valence-corrected chi connectivity index (χ0v) is 12.5. The highest BCUT2D eigenvalue weighted by molar-refractivity contribution is 7.13. The molecule has 0 aliphatic carbocycles. The highest BCUT2D eigenvalue weighted by Crippen LogP contribution is 2.24. The van der Waals surface area contributed by atoms with E-state index >= 15 is 0 Å². The first-order valence-corrected chi connectivity index (χ1v) is 7.09. The van der Waals surface area contributed by atoms with Crippen LogP contribution in [0.1, 0.15) is 10.5 Å². The minimum absolute atomic E-state index is 0.0186. The van der Waals surface area contributed by atoms with Crippen molar-refractivity contribution < 1.29 is 18.0 Å². The molecule has 0 aliphatic rings. The van der Waals surface area contributed by atoms with Gasteiger partial charge < -0.3 is 4.90 Å². The molecule has 2 heterocycles. The van der Waals surface area contributed by atoms with Gasteiger partial charge in [-0.25, -0.2) is 4.98 Å². The van der Waals surface area contributed by atoms with Crippen LogP contribution in [0.4, 0.5) is 13.2 Å². The number of nitrogens with zero attached hydrogens (tertiary/aromatic N) is 4. The Kier molecular flexibility index (Phi) is 4.65. The SMILES string of the molecule is C=CCN(CC(F)(F)F)C(=O)c1csc(-c2cnn(C)c2)n1. The average Bonchev–Trinajstić information content (AvgIpc) is 3.04. The summed E-state index contributed by atoms with van der Waals surface area (Å²) in [6, 6.07) is 0. The van der Waals surface area contributed by atoms with Crippen molar-refractivity contribution in [3.63, 3.8) is 0 Å². The number of halogens is 3. The van der Waals surface area contributed by atoms with Crippen LogP contribution in [0.25, 0.3) is 10.6 Å². The van der Waals surface area contributed by atoms with Gasteiger partial charge in [-0.1, -0.05) is 6.08 Å². The fourth-order valence-corrected chi connectivity index (χ4v) is 2.56. The quantitative estimate of drug-likeness (QED) is 0.792. The highest BCUT2D eigenvalue weighted by atomic mass is 32.1. The van der Waals surface area contributed by atoms with Gasteiger partial charge in [0.05, 0.1) is 6.20 Å². The van der Waals surface area contributed by atoms with Gasteiger partial charge in [0.15, 0.2) is 0 Å². The minimum atomic E-state index is -4.47. The second-order valence-electron chi connectivity index (χ2n) is 4.53. The van der Waals surface area contributed by atoms with Crippen LogP contribution in [-0.2, 0) is 7.05 Å². The van der Waals surface area contributed by atoms with Crippen molar-refractivity contribution in [2.24, 2.45) is 7.05 Å². The van der Waals surface area contributed by atoms with Crippen molar-refractivity contribution in [2.45, 2.75) is 6.18 Å². The zero-order valence-electron chi connectivity index (χ0n) is 11.7. The first-order chi connectivity index (χ1) is 10.3. The molecule has 0 bridgehead atoms. The van der Waals surface area contributed by atoms with Crippen molar-refractivity contribution in [3.8, 4) is 10.6 Å². The maximum absolute atomic E-state index is 12.5. The molecule has 0 aliphatic heterocycles. The summed E-state index contributed by atoms with van der Waals surface area (Å²) in [5, 5.41) is 5.96. The summed E-state index contributed by atoms with van der Waals surface area (Å²) in [6.45, 7) is 1.84. The van der Waals surface area contributed by atoms with Crippen LogP contribution in [0.2, 0.25) is 0 Å². The monoisotopic (exact) mass is 330 g/mol. The molecule has 9 heteroatoms. The number of hydrogen-bond donors (Lipinski definition) is 0. The van der Waals surface area contributed by atoms with Crippen LogP contribution in [0.5, 0.6) is 0 Å². The molecule has 2 rings (SSSR count). The van der Waals surface area contributed by atoms with Gasteiger partial charge in [0.2, 0.25) is 0 Å². The summed E-state index contributed by atoms with van der Waals surface area (Å²) in [5.41, 5.74) is 0.688. The Morgan fingerprint density at radius 2 is 2.27 bits per heavy atom. The largest absolute Gasteiger partial charge is 0.406 e. The summed E-state index contributed by atoms with van der Waals surface area (Å²) >= 11 is 1.18. The van der Waals surface area contributed by atoms with Crippen LogP contribution < -0.4 is 0 Å². The molecule has 0 N–H and O–H groups in total. The Bertz CT molecular complexity index is 677. The summed E-state index contributed by atoms with van der Waals surface area (Å²) < 4.78 is 39.1. The summed E-state index contributed by atoms with van der Waals surface area (Å²) in [5.74, 6) is -0.774. The Labute approximate surface area is 128 Å². The number of rotatable bonds is 5. The molecule has 0 aromatic carbocycles. The Morgan fingerprint density at radius 1 is 1.55 bits per heavy atom. The number of thiazole rings is 1. The first kappa shape index (κ1) is 16.2. The lowest BCUT2D eigenvalue weighted by Crippen LogP contribution is -2.39. The van der Waals surface area contributed by atoms with Crippen molar-refractivity contribution in [1.82, 2.24) is 19.7 Å². The van der Waals surface area contributed by atoms with E-state index in [-0.39, 0.29) is 12.2 Å². The summed E-state index contributed by atoms with van der Waals surface area (Å²) in [6.07, 6.45) is 0.0630. The predicted octanol–water partition coefficient (Wildman–Crippen LogP) is 2.73. The molecule has 2 aromatic rings. The maximum Gasteiger partial charge on any atom is 0.406 e. The van der Waals surface area contributed by atoms with Crippen molar-refractivity contribution in [1.29, 1.82) is 0 Å². The molecule has 0 saturated carbocycles. The lowest BCUT2D eigenvalue weighted by Gasteiger charge is -2.21. The molecule has 22 heavy (non-hydrogen) atoms. The molecule has 5 nitrogen and oxygen atoms in total. The molecule has 0 unspecified atom stereocenters.